The van der Waals surface area contributed by atoms with Gasteiger partial charge in [0.1, 0.15) is 17.1 Å². The first-order chi connectivity index (χ1) is 12.7. The number of carbonyl (C=O) groups is 1. The highest BCUT2D eigenvalue weighted by molar-refractivity contribution is 5.94. The Labute approximate surface area is 169 Å². The Bertz CT molecular complexity index is 821. The van der Waals surface area contributed by atoms with Crippen molar-refractivity contribution in [2.75, 3.05) is 0 Å². The summed E-state index contributed by atoms with van der Waals surface area (Å²) in [4.78, 5) is 12.8. The second kappa shape index (κ2) is 6.53. The Kier molecular flexibility index (Phi) is 4.84. The predicted octanol–water partition coefficient (Wildman–Crippen LogP) is 5.20. The van der Waals surface area contributed by atoms with Gasteiger partial charge >= 0.3 is 0 Å². The summed E-state index contributed by atoms with van der Waals surface area (Å²) in [6.45, 7) is 16.6. The van der Waals surface area contributed by atoms with Gasteiger partial charge in [-0.15, -0.1) is 0 Å². The van der Waals surface area contributed by atoms with Crippen LogP contribution in [-0.2, 0) is 10.2 Å². The van der Waals surface area contributed by atoms with Gasteiger partial charge in [0.05, 0.1) is 0 Å². The van der Waals surface area contributed by atoms with E-state index in [1.165, 1.54) is 0 Å². The quantitative estimate of drug-likeness (QED) is 0.699. The number of carbonyl (C=O) groups excluding carboxylic acids is 1. The van der Waals surface area contributed by atoms with Gasteiger partial charge in [-0.3, -0.25) is 4.79 Å². The van der Waals surface area contributed by atoms with Crippen LogP contribution in [0.15, 0.2) is 23.8 Å². The number of rotatable bonds is 1. The van der Waals surface area contributed by atoms with Crippen LogP contribution in [-0.4, -0.2) is 22.2 Å². The molecule has 0 saturated carbocycles. The molecule has 0 radical (unpaired) electrons. The molecule has 1 aromatic carbocycles. The van der Waals surface area contributed by atoms with E-state index < -0.39 is 0 Å². The van der Waals surface area contributed by atoms with E-state index in [1.807, 2.05) is 26.8 Å². The van der Waals surface area contributed by atoms with E-state index in [1.54, 1.807) is 0 Å². The Morgan fingerprint density at radius 3 is 2.39 bits per heavy atom. The Hall–Kier alpha value is -1.97. The highest BCUT2D eigenvalue weighted by atomic mass is 16.5. The third-order valence-corrected chi connectivity index (χ3v) is 5.95. The molecule has 1 amide bonds. The lowest BCUT2D eigenvalue weighted by Gasteiger charge is -2.47. The van der Waals surface area contributed by atoms with Crippen LogP contribution in [0.25, 0.3) is 0 Å². The van der Waals surface area contributed by atoms with Crippen molar-refractivity contribution in [3.63, 3.8) is 0 Å². The van der Waals surface area contributed by atoms with Crippen molar-refractivity contribution < 1.29 is 14.6 Å². The number of phenols is 1. The van der Waals surface area contributed by atoms with Crippen LogP contribution in [0.3, 0.4) is 0 Å². The monoisotopic (exact) mass is 385 g/mol. The number of hydrogen-bond acceptors (Lipinski definition) is 3. The van der Waals surface area contributed by atoms with Gasteiger partial charge in [0, 0.05) is 28.5 Å². The number of amides is 1. The molecular weight excluding hydrogens is 350 g/mol. The first-order valence-corrected chi connectivity index (χ1v) is 10.3. The number of ether oxygens (including phenoxy) is 1. The number of allylic oxidation sites excluding steroid dienone is 1. The fourth-order valence-corrected chi connectivity index (χ4v) is 4.43. The smallest absolute Gasteiger partial charge is 0.247 e. The van der Waals surface area contributed by atoms with Crippen molar-refractivity contribution in [2.45, 2.75) is 90.7 Å². The van der Waals surface area contributed by atoms with Crippen LogP contribution >= 0.6 is 0 Å². The third kappa shape index (κ3) is 3.92. The minimum Gasteiger partial charge on any atom is -0.508 e. The summed E-state index contributed by atoms with van der Waals surface area (Å²) in [6.07, 6.45) is 3.44. The van der Waals surface area contributed by atoms with Crippen LogP contribution in [0.5, 0.6) is 11.5 Å². The molecule has 4 nitrogen and oxygen atoms in total. The van der Waals surface area contributed by atoms with Crippen molar-refractivity contribution in [2.24, 2.45) is 5.92 Å². The minimum atomic E-state index is -0.358. The van der Waals surface area contributed by atoms with E-state index in [0.717, 1.165) is 28.9 Å². The summed E-state index contributed by atoms with van der Waals surface area (Å²) >= 11 is 0. The molecule has 4 heteroatoms. The SMILES string of the molecule is CC(C)(C)NC(=O)C1=CCC2C(C1)c1c(O)cc(C(C)(C)C)cc1OC2(C)C. The molecule has 154 valence electrons. The van der Waals surface area contributed by atoms with Crippen molar-refractivity contribution >= 4 is 5.91 Å². The van der Waals surface area contributed by atoms with Gasteiger partial charge in [-0.05, 0) is 70.6 Å². The lowest BCUT2D eigenvalue weighted by Crippen LogP contribution is -2.47. The third-order valence-electron chi connectivity index (χ3n) is 5.95. The molecule has 2 N–H and O–H groups in total. The first kappa shape index (κ1) is 20.8. The van der Waals surface area contributed by atoms with Gasteiger partial charge in [-0.2, -0.15) is 0 Å². The zero-order valence-electron chi connectivity index (χ0n) is 18.6. The zero-order chi connectivity index (χ0) is 21.1. The Morgan fingerprint density at radius 2 is 1.82 bits per heavy atom. The summed E-state index contributed by atoms with van der Waals surface area (Å²) in [5, 5.41) is 14.0. The molecule has 1 aliphatic heterocycles. The van der Waals surface area contributed by atoms with Crippen LogP contribution in [0, 0.1) is 5.92 Å². The molecule has 1 aliphatic carbocycles. The summed E-state index contributed by atoms with van der Waals surface area (Å²) < 4.78 is 6.39. The summed E-state index contributed by atoms with van der Waals surface area (Å²) in [5.41, 5.74) is 2.00. The van der Waals surface area contributed by atoms with Gasteiger partial charge in [0.25, 0.3) is 0 Å². The second-order valence-electron chi connectivity index (χ2n) is 10.9. The highest BCUT2D eigenvalue weighted by Gasteiger charge is 2.47. The van der Waals surface area contributed by atoms with Gasteiger partial charge in [0.2, 0.25) is 5.91 Å². The van der Waals surface area contributed by atoms with Gasteiger partial charge in [0.15, 0.2) is 0 Å². The predicted molar refractivity (Wildman–Crippen MR) is 113 cm³/mol. The fraction of sp³-hybridized carbons (Fsp3) is 0.625. The van der Waals surface area contributed by atoms with E-state index in [4.69, 9.17) is 4.74 Å². The van der Waals surface area contributed by atoms with Gasteiger partial charge < -0.3 is 15.2 Å². The number of hydrogen-bond donors (Lipinski definition) is 2. The molecule has 3 rings (SSSR count). The molecule has 1 heterocycles. The molecule has 0 aromatic heterocycles. The molecule has 0 fully saturated rings. The van der Waals surface area contributed by atoms with Crippen molar-refractivity contribution in [3.05, 3.63) is 34.9 Å². The van der Waals surface area contributed by atoms with Crippen molar-refractivity contribution in [1.29, 1.82) is 0 Å². The Balaban J connectivity index is 2.02. The molecule has 1 aromatic rings. The molecule has 2 aliphatic rings. The highest BCUT2D eigenvalue weighted by Crippen LogP contribution is 2.54. The topological polar surface area (TPSA) is 58.6 Å². The average Bonchev–Trinajstić information content (AvgIpc) is 2.50. The van der Waals surface area contributed by atoms with E-state index in [9.17, 15) is 9.90 Å². The number of aromatic hydroxyl groups is 1. The van der Waals surface area contributed by atoms with Crippen molar-refractivity contribution in [3.8, 4) is 11.5 Å². The van der Waals surface area contributed by atoms with Crippen LogP contribution < -0.4 is 10.1 Å². The summed E-state index contributed by atoms with van der Waals surface area (Å²) in [7, 11) is 0. The van der Waals surface area contributed by atoms with Crippen LogP contribution in [0.2, 0.25) is 0 Å². The summed E-state index contributed by atoms with van der Waals surface area (Å²) in [5.74, 6) is 1.32. The molecule has 28 heavy (non-hydrogen) atoms. The maximum Gasteiger partial charge on any atom is 0.247 e. The minimum absolute atomic E-state index is 0.0115. The van der Waals surface area contributed by atoms with Crippen LogP contribution in [0.4, 0.5) is 0 Å². The lowest BCUT2D eigenvalue weighted by molar-refractivity contribution is -0.119. The average molecular weight is 386 g/mol. The van der Waals surface area contributed by atoms with Crippen LogP contribution in [0.1, 0.15) is 85.3 Å². The lowest BCUT2D eigenvalue weighted by atomic mass is 9.66. The number of phenolic OH excluding ortho intramolecular Hbond substituents is 1. The second-order valence-corrected chi connectivity index (χ2v) is 10.9. The van der Waals surface area contributed by atoms with E-state index in [0.29, 0.717) is 6.42 Å². The first-order valence-electron chi connectivity index (χ1n) is 10.3. The maximum atomic E-state index is 12.8. The molecule has 2 unspecified atom stereocenters. The van der Waals surface area contributed by atoms with E-state index >= 15 is 0 Å². The zero-order valence-corrected chi connectivity index (χ0v) is 18.6. The molecular formula is C24H35NO3. The normalized spacial score (nSPS) is 23.8. The largest absolute Gasteiger partial charge is 0.508 e. The van der Waals surface area contributed by atoms with Crippen molar-refractivity contribution in [1.82, 2.24) is 5.32 Å². The summed E-state index contributed by atoms with van der Waals surface area (Å²) in [6, 6.07) is 3.94. The number of nitrogens with one attached hydrogen (secondary N) is 1. The number of fused-ring (bicyclic) bond motifs is 3. The maximum absolute atomic E-state index is 12.8. The Morgan fingerprint density at radius 1 is 1.18 bits per heavy atom. The van der Waals surface area contributed by atoms with Gasteiger partial charge in [-0.25, -0.2) is 0 Å². The molecule has 0 spiro atoms. The molecule has 0 saturated heterocycles. The number of benzene rings is 1. The van der Waals surface area contributed by atoms with Gasteiger partial charge in [-0.1, -0.05) is 26.8 Å². The van der Waals surface area contributed by atoms with E-state index in [2.05, 4.69) is 52.1 Å². The molecule has 2 atom stereocenters. The van der Waals surface area contributed by atoms with E-state index in [-0.39, 0.29) is 40.0 Å². The standard InChI is InChI=1S/C24H35NO3/c1-22(2,3)15-12-18(26)20-16-11-14(21(27)25-23(4,5)6)9-10-17(16)24(7,8)28-19(20)13-15/h9,12-13,16-17,26H,10-11H2,1-8H3,(H,25,27). The molecule has 0 bridgehead atoms. The fourth-order valence-electron chi connectivity index (χ4n) is 4.43.